The van der Waals surface area contributed by atoms with E-state index in [0.29, 0.717) is 6.42 Å². The van der Waals surface area contributed by atoms with Gasteiger partial charge in [-0.25, -0.2) is 0 Å². The smallest absolute Gasteiger partial charge is 0.109 e. The topological polar surface area (TPSA) is 37.3 Å². The van der Waals surface area contributed by atoms with Gasteiger partial charge in [-0.2, -0.15) is 0 Å². The first-order valence-electron chi connectivity index (χ1n) is 7.21. The molecule has 0 aromatic rings. The fraction of sp³-hybridized carbons (Fsp3) is 1.00. The van der Waals surface area contributed by atoms with Crippen LogP contribution in [0.2, 0.25) is 0 Å². The summed E-state index contributed by atoms with van der Waals surface area (Å²) >= 11 is 0. The molecule has 0 saturated heterocycles. The second-order valence-corrected chi connectivity index (χ2v) is 9.00. The summed E-state index contributed by atoms with van der Waals surface area (Å²) in [6.07, 6.45) is 12.3. The van der Waals surface area contributed by atoms with Crippen molar-refractivity contribution in [1.29, 1.82) is 0 Å². The largest absolute Gasteiger partial charge is 0.385 e. The maximum absolute atomic E-state index is 11.5. The van der Waals surface area contributed by atoms with Crippen molar-refractivity contribution in [2.75, 3.05) is 13.3 Å². The molecule has 0 spiro atoms. The van der Waals surface area contributed by atoms with E-state index in [1.165, 1.54) is 51.4 Å². The van der Waals surface area contributed by atoms with Gasteiger partial charge in [0.15, 0.2) is 0 Å². The average molecular weight is 262 g/mol. The lowest BCUT2D eigenvalue weighted by Crippen LogP contribution is -2.05. The number of aliphatic hydroxyl groups excluding tert-OH is 1. The molecule has 0 aliphatic rings. The first kappa shape index (κ1) is 17.2. The van der Waals surface area contributed by atoms with E-state index in [4.69, 9.17) is 0 Å². The van der Waals surface area contributed by atoms with E-state index in [1.54, 1.807) is 13.3 Å². The van der Waals surface area contributed by atoms with Crippen molar-refractivity contribution >= 4 is 7.14 Å². The second kappa shape index (κ2) is 10.1. The minimum Gasteiger partial charge on any atom is -0.385 e. The Balaban J connectivity index is 3.21. The number of rotatable bonds is 11. The molecule has 0 radical (unpaired) electrons. The van der Waals surface area contributed by atoms with Crippen LogP contribution in [0, 0.1) is 0 Å². The Kier molecular flexibility index (Phi) is 10.3. The fourth-order valence-corrected chi connectivity index (χ4v) is 2.75. The predicted molar refractivity (Wildman–Crippen MR) is 77.3 cm³/mol. The third-order valence-electron chi connectivity index (χ3n) is 3.28. The first-order valence-corrected chi connectivity index (χ1v) is 9.88. The molecule has 2 nitrogen and oxygen atoms in total. The Morgan fingerprint density at radius 3 is 1.71 bits per heavy atom. The van der Waals surface area contributed by atoms with Crippen LogP contribution in [0.4, 0.5) is 0 Å². The summed E-state index contributed by atoms with van der Waals surface area (Å²) in [5, 5.41) is 9.62. The van der Waals surface area contributed by atoms with Gasteiger partial charge in [-0.15, -0.1) is 0 Å². The predicted octanol–water partition coefficient (Wildman–Crippen LogP) is 4.85. The maximum Gasteiger partial charge on any atom is 0.109 e. The van der Waals surface area contributed by atoms with Gasteiger partial charge in [0.1, 0.15) is 13.0 Å². The highest BCUT2D eigenvalue weighted by Gasteiger charge is 2.18. The molecule has 0 fully saturated rings. The Hall–Kier alpha value is 0.190. The minimum absolute atomic E-state index is 0.577. The van der Waals surface area contributed by atoms with Crippen molar-refractivity contribution in [1.82, 2.24) is 0 Å². The Morgan fingerprint density at radius 2 is 1.29 bits per heavy atom. The average Bonchev–Trinajstić information content (AvgIpc) is 2.25. The molecule has 1 N–H and O–H groups in total. The van der Waals surface area contributed by atoms with Gasteiger partial charge in [-0.1, -0.05) is 64.7 Å². The lowest BCUT2D eigenvalue weighted by Gasteiger charge is -2.14. The molecule has 0 rings (SSSR count). The highest BCUT2D eigenvalue weighted by atomic mass is 31.2. The number of unbranched alkanes of at least 4 members (excludes halogenated alkanes) is 8. The van der Waals surface area contributed by atoms with Crippen LogP contribution in [0.5, 0.6) is 0 Å². The van der Waals surface area contributed by atoms with Gasteiger partial charge in [0.25, 0.3) is 0 Å². The van der Waals surface area contributed by atoms with Crippen LogP contribution in [-0.4, -0.2) is 24.3 Å². The van der Waals surface area contributed by atoms with E-state index >= 15 is 0 Å². The Bertz CT molecular complexity index is 210. The van der Waals surface area contributed by atoms with Crippen LogP contribution < -0.4 is 0 Å². The van der Waals surface area contributed by atoms with Crippen LogP contribution in [0.25, 0.3) is 0 Å². The summed E-state index contributed by atoms with van der Waals surface area (Å²) in [6.45, 7) is 5.59. The van der Waals surface area contributed by atoms with Crippen LogP contribution in [-0.2, 0) is 4.57 Å². The summed E-state index contributed by atoms with van der Waals surface area (Å²) in [7, 11) is -2.28. The van der Waals surface area contributed by atoms with Crippen molar-refractivity contribution in [2.24, 2.45) is 0 Å². The molecule has 0 aromatic carbocycles. The van der Waals surface area contributed by atoms with Crippen molar-refractivity contribution in [2.45, 2.75) is 77.0 Å². The van der Waals surface area contributed by atoms with Crippen LogP contribution in [0.15, 0.2) is 0 Å². The molecule has 0 amide bonds. The SMILES string of the molecule is CCCCCCCCCCCC(O)P(C)(C)=O. The Labute approximate surface area is 108 Å². The molecule has 0 aliphatic heterocycles. The molecule has 0 heterocycles. The van der Waals surface area contributed by atoms with Crippen LogP contribution in [0.1, 0.15) is 71.1 Å². The zero-order valence-corrected chi connectivity index (χ0v) is 12.8. The quantitative estimate of drug-likeness (QED) is 0.427. The molecular formula is C14H31O2P. The molecule has 0 aliphatic carbocycles. The standard InChI is InChI=1S/C14H31O2P/c1-4-5-6-7-8-9-10-11-12-13-14(15)17(2,3)16/h14-15H,4-13H2,1-3H3. The number of aliphatic hydroxyl groups is 1. The molecule has 104 valence electrons. The molecular weight excluding hydrogens is 231 g/mol. The highest BCUT2D eigenvalue weighted by Crippen LogP contribution is 2.43. The minimum atomic E-state index is -2.28. The summed E-state index contributed by atoms with van der Waals surface area (Å²) in [4.78, 5) is 0. The summed E-state index contributed by atoms with van der Waals surface area (Å²) < 4.78 is 11.5. The van der Waals surface area contributed by atoms with E-state index in [1.807, 2.05) is 0 Å². The van der Waals surface area contributed by atoms with Crippen molar-refractivity contribution in [3.63, 3.8) is 0 Å². The molecule has 0 aromatic heterocycles. The third kappa shape index (κ3) is 11.0. The van der Waals surface area contributed by atoms with Gasteiger partial charge in [0.2, 0.25) is 0 Å². The molecule has 17 heavy (non-hydrogen) atoms. The number of hydrogen-bond acceptors (Lipinski definition) is 2. The summed E-state index contributed by atoms with van der Waals surface area (Å²) in [6, 6.07) is 0. The summed E-state index contributed by atoms with van der Waals surface area (Å²) in [5.74, 6) is -0.577. The zero-order valence-electron chi connectivity index (χ0n) is 12.0. The normalized spacial score (nSPS) is 13.9. The fourth-order valence-electron chi connectivity index (χ4n) is 1.95. The zero-order chi connectivity index (χ0) is 13.1. The van der Waals surface area contributed by atoms with E-state index in [-0.39, 0.29) is 0 Å². The molecule has 1 unspecified atom stereocenters. The summed E-state index contributed by atoms with van der Waals surface area (Å²) in [5.41, 5.74) is 0. The Morgan fingerprint density at radius 1 is 0.882 bits per heavy atom. The highest BCUT2D eigenvalue weighted by molar-refractivity contribution is 7.62. The molecule has 0 saturated carbocycles. The van der Waals surface area contributed by atoms with Gasteiger partial charge in [0, 0.05) is 0 Å². The van der Waals surface area contributed by atoms with E-state index < -0.39 is 13.0 Å². The van der Waals surface area contributed by atoms with Crippen molar-refractivity contribution < 1.29 is 9.67 Å². The van der Waals surface area contributed by atoms with E-state index in [2.05, 4.69) is 6.92 Å². The van der Waals surface area contributed by atoms with Gasteiger partial charge in [0.05, 0.1) is 0 Å². The second-order valence-electron chi connectivity index (χ2n) is 5.53. The van der Waals surface area contributed by atoms with E-state index in [9.17, 15) is 9.67 Å². The number of hydrogen-bond donors (Lipinski definition) is 1. The van der Waals surface area contributed by atoms with Crippen LogP contribution >= 0.6 is 7.14 Å². The van der Waals surface area contributed by atoms with Gasteiger partial charge in [-0.05, 0) is 19.8 Å². The first-order chi connectivity index (χ1) is 7.98. The third-order valence-corrected chi connectivity index (χ3v) is 4.98. The molecule has 3 heteroatoms. The van der Waals surface area contributed by atoms with Crippen molar-refractivity contribution in [3.8, 4) is 0 Å². The lowest BCUT2D eigenvalue weighted by molar-refractivity contribution is 0.233. The lowest BCUT2D eigenvalue weighted by atomic mass is 10.1. The molecule has 1 atom stereocenters. The van der Waals surface area contributed by atoms with Gasteiger partial charge < -0.3 is 9.67 Å². The van der Waals surface area contributed by atoms with Crippen LogP contribution in [0.3, 0.4) is 0 Å². The molecule has 0 bridgehead atoms. The van der Waals surface area contributed by atoms with E-state index in [0.717, 1.165) is 6.42 Å². The van der Waals surface area contributed by atoms with Crippen molar-refractivity contribution in [3.05, 3.63) is 0 Å². The van der Waals surface area contributed by atoms with Gasteiger partial charge in [-0.3, -0.25) is 0 Å². The maximum atomic E-state index is 11.5. The monoisotopic (exact) mass is 262 g/mol. The van der Waals surface area contributed by atoms with Gasteiger partial charge >= 0.3 is 0 Å².